The van der Waals surface area contributed by atoms with Gasteiger partial charge in [-0.1, -0.05) is 43.6 Å². The molecule has 1 nitrogen and oxygen atoms in total. The molecule has 0 aliphatic heterocycles. The van der Waals surface area contributed by atoms with Crippen LogP contribution in [0.1, 0.15) is 0 Å². The molecule has 0 atom stereocenters. The molecule has 0 spiro atoms. The molecule has 0 unspecified atom stereocenters. The van der Waals surface area contributed by atoms with Crippen molar-refractivity contribution < 1.29 is 0 Å². The van der Waals surface area contributed by atoms with Crippen molar-refractivity contribution in [2.75, 3.05) is 0 Å². The largest absolute Gasteiger partial charge is 0.389 e. The predicted octanol–water partition coefficient (Wildman–Crippen LogP) is 1.57. The van der Waals surface area contributed by atoms with Gasteiger partial charge in [0.1, 0.15) is 4.99 Å². The first-order valence-electron chi connectivity index (χ1n) is 2.47. The zero-order valence-electron chi connectivity index (χ0n) is 5.13. The van der Waals surface area contributed by atoms with Gasteiger partial charge in [-0.15, -0.1) is 0 Å². The topological polar surface area (TPSA) is 26.0 Å². The number of hydrogen-bond donors (Lipinski definition) is 1. The predicted molar refractivity (Wildman–Crippen MR) is 45.3 cm³/mol. The zero-order valence-corrected chi connectivity index (χ0v) is 5.95. The summed E-state index contributed by atoms with van der Waals surface area (Å²) in [6.07, 6.45) is 4.94. The van der Waals surface area contributed by atoms with Gasteiger partial charge in [0, 0.05) is 5.57 Å². The van der Waals surface area contributed by atoms with Crippen LogP contribution in [0.4, 0.5) is 0 Å². The fourth-order valence-electron chi connectivity index (χ4n) is 0.378. The van der Waals surface area contributed by atoms with Crippen LogP contribution in [0.15, 0.2) is 37.0 Å². The van der Waals surface area contributed by atoms with E-state index in [1.54, 1.807) is 18.2 Å². The van der Waals surface area contributed by atoms with Crippen LogP contribution >= 0.6 is 12.2 Å². The molecule has 0 aliphatic carbocycles. The first kappa shape index (κ1) is 8.11. The van der Waals surface area contributed by atoms with E-state index in [1.807, 2.05) is 0 Å². The molecular weight excluding hydrogens is 130 g/mol. The Morgan fingerprint density at radius 2 is 2.00 bits per heavy atom. The van der Waals surface area contributed by atoms with Gasteiger partial charge in [0.15, 0.2) is 0 Å². The Morgan fingerprint density at radius 1 is 1.44 bits per heavy atom. The summed E-state index contributed by atoms with van der Waals surface area (Å²) >= 11 is 4.67. The average molecular weight is 139 g/mol. The third kappa shape index (κ3) is 2.82. The van der Waals surface area contributed by atoms with Gasteiger partial charge in [-0.25, -0.2) is 0 Å². The van der Waals surface area contributed by atoms with E-state index < -0.39 is 0 Å². The normalized spacial score (nSPS) is 10.4. The van der Waals surface area contributed by atoms with Gasteiger partial charge in [-0.2, -0.15) is 0 Å². The smallest absolute Gasteiger partial charge is 0.103 e. The summed E-state index contributed by atoms with van der Waals surface area (Å²) in [7, 11) is 0. The Kier molecular flexibility index (Phi) is 3.64. The van der Waals surface area contributed by atoms with E-state index in [2.05, 4.69) is 25.4 Å². The Labute approximate surface area is 60.6 Å². The van der Waals surface area contributed by atoms with Crippen molar-refractivity contribution in [1.29, 1.82) is 0 Å². The molecule has 48 valence electrons. The summed E-state index contributed by atoms with van der Waals surface area (Å²) in [5, 5.41) is 0. The Morgan fingerprint density at radius 3 is 2.11 bits per heavy atom. The van der Waals surface area contributed by atoms with Crippen LogP contribution < -0.4 is 5.73 Å². The third-order valence-corrected chi connectivity index (χ3v) is 1.04. The lowest BCUT2D eigenvalue weighted by Gasteiger charge is -1.92. The molecule has 2 N–H and O–H groups in total. The minimum Gasteiger partial charge on any atom is -0.389 e. The molecule has 0 aromatic heterocycles. The van der Waals surface area contributed by atoms with Crippen molar-refractivity contribution >= 4 is 17.2 Å². The van der Waals surface area contributed by atoms with Crippen LogP contribution in [0.25, 0.3) is 0 Å². The molecule has 0 heterocycles. The average Bonchev–Trinajstić information content (AvgIpc) is 1.82. The van der Waals surface area contributed by atoms with Gasteiger partial charge in [-0.3, -0.25) is 0 Å². The van der Waals surface area contributed by atoms with E-state index in [1.165, 1.54) is 0 Å². The van der Waals surface area contributed by atoms with E-state index in [-0.39, 0.29) is 0 Å². The van der Waals surface area contributed by atoms with Crippen LogP contribution in [0.5, 0.6) is 0 Å². The van der Waals surface area contributed by atoms with Gasteiger partial charge in [0.2, 0.25) is 0 Å². The lowest BCUT2D eigenvalue weighted by Crippen LogP contribution is -2.08. The molecule has 0 amide bonds. The number of hydrogen-bond acceptors (Lipinski definition) is 1. The van der Waals surface area contributed by atoms with E-state index in [4.69, 9.17) is 5.73 Å². The second-order valence-corrected chi connectivity index (χ2v) is 1.87. The van der Waals surface area contributed by atoms with E-state index in [9.17, 15) is 0 Å². The second-order valence-electron chi connectivity index (χ2n) is 1.43. The quantitative estimate of drug-likeness (QED) is 0.365. The molecule has 0 saturated heterocycles. The molecule has 0 bridgehead atoms. The second kappa shape index (κ2) is 4.04. The first-order chi connectivity index (χ1) is 4.22. The first-order valence-corrected chi connectivity index (χ1v) is 2.88. The van der Waals surface area contributed by atoms with Crippen molar-refractivity contribution in [1.82, 2.24) is 0 Å². The van der Waals surface area contributed by atoms with Gasteiger partial charge < -0.3 is 5.73 Å². The fourth-order valence-corrected chi connectivity index (χ4v) is 0.529. The summed E-state index contributed by atoms with van der Waals surface area (Å²) in [6.45, 7) is 7.01. The minimum atomic E-state index is 0.352. The summed E-state index contributed by atoms with van der Waals surface area (Å²) in [5.41, 5.74) is 6.03. The maximum absolute atomic E-state index is 5.28. The van der Waals surface area contributed by atoms with Crippen LogP contribution in [0.2, 0.25) is 0 Å². The maximum atomic E-state index is 5.28. The lowest BCUT2D eigenvalue weighted by molar-refractivity contribution is 1.71. The van der Waals surface area contributed by atoms with E-state index >= 15 is 0 Å². The van der Waals surface area contributed by atoms with Crippen molar-refractivity contribution in [3.8, 4) is 0 Å². The maximum Gasteiger partial charge on any atom is 0.103 e. The van der Waals surface area contributed by atoms with Crippen LogP contribution in [-0.2, 0) is 0 Å². The van der Waals surface area contributed by atoms with Gasteiger partial charge >= 0.3 is 0 Å². The summed E-state index contributed by atoms with van der Waals surface area (Å²) in [4.78, 5) is 0.352. The molecule has 0 aromatic rings. The monoisotopic (exact) mass is 139 g/mol. The highest BCUT2D eigenvalue weighted by molar-refractivity contribution is 7.80. The molecule has 0 aliphatic rings. The SMILES string of the molecule is C=C/C=C(\C=C)C(N)=S. The molecule has 0 radical (unpaired) electrons. The molecule has 0 fully saturated rings. The standard InChI is InChI=1S/C7H9NS/c1-3-5-6(4-2)7(8)9/h3-5H,1-2H2,(H2,8,9)/b6-5+. The summed E-state index contributed by atoms with van der Waals surface area (Å²) in [5.74, 6) is 0. The summed E-state index contributed by atoms with van der Waals surface area (Å²) < 4.78 is 0. The van der Waals surface area contributed by atoms with Crippen molar-refractivity contribution in [2.45, 2.75) is 0 Å². The third-order valence-electron chi connectivity index (χ3n) is 0.802. The molecule has 0 rings (SSSR count). The fraction of sp³-hybridized carbons (Fsp3) is 0. The van der Waals surface area contributed by atoms with Crippen molar-refractivity contribution in [3.05, 3.63) is 37.0 Å². The number of rotatable bonds is 3. The number of thiocarbonyl (C=S) groups is 1. The minimum absolute atomic E-state index is 0.352. The van der Waals surface area contributed by atoms with Gasteiger partial charge in [0.25, 0.3) is 0 Å². The zero-order chi connectivity index (χ0) is 7.28. The van der Waals surface area contributed by atoms with E-state index in [0.29, 0.717) is 4.99 Å². The van der Waals surface area contributed by atoms with Gasteiger partial charge in [-0.05, 0) is 0 Å². The van der Waals surface area contributed by atoms with Crippen LogP contribution in [0, 0.1) is 0 Å². The highest BCUT2D eigenvalue weighted by atomic mass is 32.1. The molecule has 0 aromatic carbocycles. The Hall–Kier alpha value is -0.890. The molecular formula is C7H9NS. The van der Waals surface area contributed by atoms with Crippen molar-refractivity contribution in [3.63, 3.8) is 0 Å². The highest BCUT2D eigenvalue weighted by Crippen LogP contribution is 1.94. The van der Waals surface area contributed by atoms with E-state index in [0.717, 1.165) is 5.57 Å². The molecule has 9 heavy (non-hydrogen) atoms. The summed E-state index contributed by atoms with van der Waals surface area (Å²) in [6, 6.07) is 0. The Balaban J connectivity index is 4.32. The number of allylic oxidation sites excluding steroid dienone is 2. The number of nitrogens with two attached hydrogens (primary N) is 1. The van der Waals surface area contributed by atoms with Gasteiger partial charge in [0.05, 0.1) is 0 Å². The molecule has 2 heteroatoms. The van der Waals surface area contributed by atoms with Crippen LogP contribution in [-0.4, -0.2) is 4.99 Å². The highest BCUT2D eigenvalue weighted by Gasteiger charge is 1.89. The molecule has 0 saturated carbocycles. The lowest BCUT2D eigenvalue weighted by atomic mass is 10.2. The Bertz CT molecular complexity index is 168. The van der Waals surface area contributed by atoms with Crippen molar-refractivity contribution in [2.24, 2.45) is 5.73 Å². The van der Waals surface area contributed by atoms with Crippen LogP contribution in [0.3, 0.4) is 0 Å².